The van der Waals surface area contributed by atoms with Crippen LogP contribution >= 0.6 is 0 Å². The lowest BCUT2D eigenvalue weighted by Gasteiger charge is -2.14. The number of nitrogen functional groups attached to an aromatic ring is 1. The molecule has 0 aliphatic heterocycles. The first kappa shape index (κ1) is 23.8. The maximum Gasteiger partial charge on any atom is 0.285 e. The van der Waals surface area contributed by atoms with Crippen molar-refractivity contribution in [2.24, 2.45) is 0 Å². The van der Waals surface area contributed by atoms with Crippen molar-refractivity contribution in [3.63, 3.8) is 0 Å². The second-order valence-electron chi connectivity index (χ2n) is 7.97. The SMILES string of the molecule is Cc1ccc(-c2ccc(C(=O)NS(=O)(=O)c3nccnc3N)c(Oc3ccc(C)cc3C)n2)cc1.[HH].[HH]. The summed E-state index contributed by atoms with van der Waals surface area (Å²) in [6.07, 6.45) is 2.42. The van der Waals surface area contributed by atoms with Gasteiger partial charge in [-0.3, -0.25) is 4.79 Å². The van der Waals surface area contributed by atoms with E-state index in [9.17, 15) is 13.2 Å². The number of ether oxygens (including phenoxy) is 1. The van der Waals surface area contributed by atoms with Crippen molar-refractivity contribution in [1.82, 2.24) is 19.7 Å². The second kappa shape index (κ2) is 9.51. The van der Waals surface area contributed by atoms with Crippen molar-refractivity contribution < 1.29 is 20.8 Å². The van der Waals surface area contributed by atoms with Gasteiger partial charge in [-0.15, -0.1) is 0 Å². The molecule has 4 rings (SSSR count). The number of pyridine rings is 1. The number of rotatable bonds is 6. The second-order valence-corrected chi connectivity index (χ2v) is 9.57. The number of carbonyl (C=O) groups is 1. The highest BCUT2D eigenvalue weighted by Gasteiger charge is 2.26. The molecule has 0 spiro atoms. The molecule has 2 heterocycles. The van der Waals surface area contributed by atoms with E-state index in [2.05, 4.69) is 15.0 Å². The van der Waals surface area contributed by atoms with Crippen LogP contribution in [0.1, 0.15) is 29.9 Å². The summed E-state index contributed by atoms with van der Waals surface area (Å²) in [5.74, 6) is -0.834. The van der Waals surface area contributed by atoms with Crippen LogP contribution in [0.2, 0.25) is 0 Å². The molecule has 0 radical (unpaired) electrons. The topological polar surface area (TPSA) is 137 Å². The van der Waals surface area contributed by atoms with Crippen LogP contribution in [-0.2, 0) is 10.0 Å². The van der Waals surface area contributed by atoms with Gasteiger partial charge in [0.15, 0.2) is 5.82 Å². The number of nitrogens with one attached hydrogen (secondary N) is 1. The fourth-order valence-corrected chi connectivity index (χ4v) is 4.34. The molecule has 0 aliphatic carbocycles. The average Bonchev–Trinajstić information content (AvgIpc) is 2.81. The minimum absolute atomic E-state index is 0. The largest absolute Gasteiger partial charge is 0.438 e. The van der Waals surface area contributed by atoms with Gasteiger partial charge in [0.1, 0.15) is 11.3 Å². The molecular weight excluding hydrogens is 466 g/mol. The van der Waals surface area contributed by atoms with Crippen LogP contribution in [0.25, 0.3) is 11.3 Å². The Kier molecular flexibility index (Phi) is 6.48. The van der Waals surface area contributed by atoms with Gasteiger partial charge in [-0.25, -0.2) is 19.7 Å². The van der Waals surface area contributed by atoms with Crippen LogP contribution < -0.4 is 15.2 Å². The molecule has 0 atom stereocenters. The minimum Gasteiger partial charge on any atom is -0.438 e. The van der Waals surface area contributed by atoms with E-state index < -0.39 is 21.0 Å². The molecule has 4 aromatic rings. The number of amides is 1. The molecule has 1 amide bonds. The summed E-state index contributed by atoms with van der Waals surface area (Å²) < 4.78 is 33.5. The summed E-state index contributed by atoms with van der Waals surface area (Å²) in [5, 5.41) is -0.547. The maximum absolute atomic E-state index is 13.1. The molecule has 0 fully saturated rings. The molecule has 35 heavy (non-hydrogen) atoms. The Labute approximate surface area is 206 Å². The normalized spacial score (nSPS) is 11.2. The van der Waals surface area contributed by atoms with E-state index in [1.54, 1.807) is 12.1 Å². The average molecular weight is 494 g/mol. The van der Waals surface area contributed by atoms with Crippen molar-refractivity contribution in [3.8, 4) is 22.9 Å². The van der Waals surface area contributed by atoms with Gasteiger partial charge in [-0.05, 0) is 44.5 Å². The lowest BCUT2D eigenvalue weighted by atomic mass is 10.1. The van der Waals surface area contributed by atoms with Crippen LogP contribution in [0.15, 0.2) is 72.0 Å². The summed E-state index contributed by atoms with van der Waals surface area (Å²) in [6.45, 7) is 5.80. The summed E-state index contributed by atoms with van der Waals surface area (Å²) in [6, 6.07) is 16.3. The molecular formula is C25H27N5O4S. The number of carbonyl (C=O) groups excluding carboxylic acids is 1. The van der Waals surface area contributed by atoms with Crippen LogP contribution in [0.3, 0.4) is 0 Å². The zero-order chi connectivity index (χ0) is 25.2. The summed E-state index contributed by atoms with van der Waals surface area (Å²) in [7, 11) is -4.39. The van der Waals surface area contributed by atoms with Crippen molar-refractivity contribution in [2.45, 2.75) is 25.8 Å². The quantitative estimate of drug-likeness (QED) is 0.402. The molecule has 2 aromatic heterocycles. The molecule has 0 unspecified atom stereocenters. The zero-order valence-corrected chi connectivity index (χ0v) is 20.1. The fraction of sp³-hybridized carbons (Fsp3) is 0.120. The Morgan fingerprint density at radius 1 is 0.943 bits per heavy atom. The maximum atomic E-state index is 13.1. The molecule has 2 aromatic carbocycles. The predicted molar refractivity (Wildman–Crippen MR) is 136 cm³/mol. The van der Waals surface area contributed by atoms with E-state index in [0.29, 0.717) is 11.4 Å². The number of aryl methyl sites for hydroxylation is 3. The first-order valence-electron chi connectivity index (χ1n) is 10.6. The smallest absolute Gasteiger partial charge is 0.285 e. The van der Waals surface area contributed by atoms with E-state index in [0.717, 1.165) is 22.3 Å². The molecule has 0 aliphatic rings. The van der Waals surface area contributed by atoms with E-state index in [4.69, 9.17) is 10.5 Å². The Morgan fingerprint density at radius 3 is 2.31 bits per heavy atom. The monoisotopic (exact) mass is 493 g/mol. The molecule has 182 valence electrons. The van der Waals surface area contributed by atoms with Crippen molar-refractivity contribution in [1.29, 1.82) is 0 Å². The van der Waals surface area contributed by atoms with Gasteiger partial charge in [0.2, 0.25) is 10.9 Å². The number of aromatic nitrogens is 3. The standard InChI is InChI=1S/C25H23N5O4S.2H2/c1-15-4-7-18(8-5-15)20-10-9-19(24(29-20)34-21-11-6-16(2)14-17(21)3)23(31)30-35(32,33)25-22(26)27-12-13-28-25;;/h4-14H,1-3H3,(H2,26,27)(H,30,31);2*1H. The van der Waals surface area contributed by atoms with Crippen LogP contribution in [0, 0.1) is 20.8 Å². The predicted octanol–water partition coefficient (Wildman–Crippen LogP) is 4.45. The van der Waals surface area contributed by atoms with Crippen molar-refractivity contribution in [3.05, 3.63) is 89.2 Å². The molecule has 9 nitrogen and oxygen atoms in total. The number of sulfonamides is 1. The third-order valence-corrected chi connectivity index (χ3v) is 6.44. The molecule has 0 saturated carbocycles. The van der Waals surface area contributed by atoms with Gasteiger partial charge < -0.3 is 10.5 Å². The molecule has 0 bridgehead atoms. The van der Waals surface area contributed by atoms with Gasteiger partial charge in [0.25, 0.3) is 15.9 Å². The summed E-state index contributed by atoms with van der Waals surface area (Å²) in [5.41, 5.74) is 9.89. The Hall–Kier alpha value is -4.31. The van der Waals surface area contributed by atoms with E-state index >= 15 is 0 Å². The Bertz CT molecular complexity index is 1530. The van der Waals surface area contributed by atoms with Crippen molar-refractivity contribution >= 4 is 21.7 Å². The zero-order valence-electron chi connectivity index (χ0n) is 19.3. The number of hydrogen-bond acceptors (Lipinski definition) is 8. The van der Waals surface area contributed by atoms with Gasteiger partial charge >= 0.3 is 0 Å². The number of nitrogens with zero attached hydrogens (tertiary/aromatic N) is 3. The number of benzene rings is 2. The van der Waals surface area contributed by atoms with Crippen molar-refractivity contribution in [2.75, 3.05) is 5.73 Å². The minimum atomic E-state index is -4.39. The van der Waals surface area contributed by atoms with Gasteiger partial charge in [-0.1, -0.05) is 47.5 Å². The highest BCUT2D eigenvalue weighted by atomic mass is 32.2. The number of anilines is 1. The Morgan fingerprint density at radius 2 is 1.63 bits per heavy atom. The van der Waals surface area contributed by atoms with Gasteiger partial charge in [0, 0.05) is 20.8 Å². The van der Waals surface area contributed by atoms with Gasteiger partial charge in [0.05, 0.1) is 5.69 Å². The first-order valence-corrected chi connectivity index (χ1v) is 12.1. The summed E-state index contributed by atoms with van der Waals surface area (Å²) in [4.78, 5) is 25.1. The highest BCUT2D eigenvalue weighted by Crippen LogP contribution is 2.30. The van der Waals surface area contributed by atoms with Crippen LogP contribution in [-0.4, -0.2) is 29.3 Å². The first-order chi connectivity index (χ1) is 16.6. The Balaban J connectivity index is 0.00000241. The third-order valence-electron chi connectivity index (χ3n) is 5.16. The van der Waals surface area contributed by atoms with Crippen LogP contribution in [0.4, 0.5) is 5.82 Å². The summed E-state index contributed by atoms with van der Waals surface area (Å²) >= 11 is 0. The van der Waals surface area contributed by atoms with Crippen LogP contribution in [0.5, 0.6) is 11.6 Å². The third kappa shape index (κ3) is 5.28. The number of nitrogens with two attached hydrogens (primary N) is 1. The molecule has 10 heteroatoms. The lowest BCUT2D eigenvalue weighted by Crippen LogP contribution is -2.32. The van der Waals surface area contributed by atoms with E-state index in [-0.39, 0.29) is 20.1 Å². The molecule has 0 saturated heterocycles. The lowest BCUT2D eigenvalue weighted by molar-refractivity contribution is 0.0978. The van der Waals surface area contributed by atoms with Gasteiger partial charge in [-0.2, -0.15) is 8.42 Å². The van der Waals surface area contributed by atoms with E-state index in [1.807, 2.05) is 61.9 Å². The number of hydrogen-bond donors (Lipinski definition) is 2. The van der Waals surface area contributed by atoms with E-state index in [1.165, 1.54) is 18.5 Å². The highest BCUT2D eigenvalue weighted by molar-refractivity contribution is 7.90. The fourth-order valence-electron chi connectivity index (χ4n) is 3.36. The molecule has 3 N–H and O–H groups in total.